The molecule has 2 N–H and O–H groups in total. The minimum Gasteiger partial charge on any atom is -0.372 e. The van der Waals surface area contributed by atoms with Crippen molar-refractivity contribution < 1.29 is 19.0 Å². The van der Waals surface area contributed by atoms with Gasteiger partial charge in [0.2, 0.25) is 0 Å². The van der Waals surface area contributed by atoms with Crippen LogP contribution in [0.3, 0.4) is 0 Å². The number of hydrogen-bond donors (Lipinski definition) is 2. The van der Waals surface area contributed by atoms with Gasteiger partial charge in [0.1, 0.15) is 12.0 Å². The van der Waals surface area contributed by atoms with E-state index in [-0.39, 0.29) is 22.4 Å². The van der Waals surface area contributed by atoms with E-state index < -0.39 is 6.23 Å². The van der Waals surface area contributed by atoms with Crippen molar-refractivity contribution in [2.75, 3.05) is 13.2 Å². The highest BCUT2D eigenvalue weighted by Crippen LogP contribution is 2.50. The van der Waals surface area contributed by atoms with Crippen LogP contribution in [0.25, 0.3) is 0 Å². The highest BCUT2D eigenvalue weighted by Gasteiger charge is 2.52. The van der Waals surface area contributed by atoms with Gasteiger partial charge in [-0.05, 0) is 50.3 Å². The first kappa shape index (κ1) is 19.2. The van der Waals surface area contributed by atoms with Gasteiger partial charge in [-0.1, -0.05) is 23.9 Å². The lowest BCUT2D eigenvalue weighted by Crippen LogP contribution is -2.48. The minimum absolute atomic E-state index is 0.106. The zero-order valence-corrected chi connectivity index (χ0v) is 16.6. The SMILES string of the molecule is C[C@H](N=C1NC(O)C(C)(C2CCC3(CC2)OCCO3)S1)c1ccc(F)cc1. The first-order valence-electron chi connectivity index (χ1n) is 9.65. The zero-order chi connectivity index (χ0) is 19.1. The molecule has 2 unspecified atom stereocenters. The molecule has 0 aromatic heterocycles. The first-order valence-corrected chi connectivity index (χ1v) is 10.5. The highest BCUT2D eigenvalue weighted by molar-refractivity contribution is 8.15. The monoisotopic (exact) mass is 394 g/mol. The molecule has 148 valence electrons. The number of rotatable bonds is 3. The Labute approximate surface area is 163 Å². The second-order valence-electron chi connectivity index (χ2n) is 7.88. The number of halogens is 1. The van der Waals surface area contributed by atoms with E-state index in [1.165, 1.54) is 12.1 Å². The maximum absolute atomic E-state index is 13.1. The summed E-state index contributed by atoms with van der Waals surface area (Å²) in [6.07, 6.45) is 3.02. The van der Waals surface area contributed by atoms with Gasteiger partial charge >= 0.3 is 0 Å². The van der Waals surface area contributed by atoms with Crippen molar-refractivity contribution in [1.82, 2.24) is 5.32 Å². The van der Waals surface area contributed by atoms with Crippen LogP contribution in [0, 0.1) is 11.7 Å². The molecule has 3 fully saturated rings. The Morgan fingerprint density at radius 2 is 1.85 bits per heavy atom. The Balaban J connectivity index is 1.43. The zero-order valence-electron chi connectivity index (χ0n) is 15.8. The van der Waals surface area contributed by atoms with Crippen molar-refractivity contribution in [2.24, 2.45) is 10.9 Å². The fourth-order valence-corrected chi connectivity index (χ4v) is 5.70. The molecule has 4 rings (SSSR count). The second-order valence-corrected chi connectivity index (χ2v) is 9.35. The van der Waals surface area contributed by atoms with Crippen LogP contribution in [-0.2, 0) is 9.47 Å². The van der Waals surface area contributed by atoms with Gasteiger partial charge in [0, 0.05) is 12.8 Å². The topological polar surface area (TPSA) is 63.1 Å². The molecule has 1 aromatic carbocycles. The molecule has 2 saturated heterocycles. The number of benzene rings is 1. The number of nitrogens with one attached hydrogen (secondary N) is 1. The summed E-state index contributed by atoms with van der Waals surface area (Å²) >= 11 is 1.62. The van der Waals surface area contributed by atoms with Crippen LogP contribution in [0.2, 0.25) is 0 Å². The quantitative estimate of drug-likeness (QED) is 0.820. The molecule has 7 heteroatoms. The van der Waals surface area contributed by atoms with Crippen molar-refractivity contribution in [3.8, 4) is 0 Å². The van der Waals surface area contributed by atoms with Crippen molar-refractivity contribution >= 4 is 16.9 Å². The summed E-state index contributed by atoms with van der Waals surface area (Å²) in [6.45, 7) is 5.45. The number of aliphatic hydroxyl groups is 1. The van der Waals surface area contributed by atoms with E-state index in [1.54, 1.807) is 23.9 Å². The Morgan fingerprint density at radius 1 is 1.22 bits per heavy atom. The van der Waals surface area contributed by atoms with Crippen molar-refractivity contribution in [3.05, 3.63) is 35.6 Å². The number of ether oxygens (including phenoxy) is 2. The molecular weight excluding hydrogens is 367 g/mol. The van der Waals surface area contributed by atoms with Crippen LogP contribution in [0.4, 0.5) is 4.39 Å². The van der Waals surface area contributed by atoms with Gasteiger partial charge in [-0.3, -0.25) is 4.99 Å². The lowest BCUT2D eigenvalue weighted by Gasteiger charge is -2.42. The van der Waals surface area contributed by atoms with Gasteiger partial charge in [0.25, 0.3) is 0 Å². The summed E-state index contributed by atoms with van der Waals surface area (Å²) in [7, 11) is 0. The fourth-order valence-electron chi connectivity index (χ4n) is 4.33. The molecule has 3 atom stereocenters. The van der Waals surface area contributed by atoms with E-state index in [2.05, 4.69) is 12.2 Å². The van der Waals surface area contributed by atoms with Crippen molar-refractivity contribution in [2.45, 2.75) is 62.3 Å². The number of nitrogens with zero attached hydrogens (tertiary/aromatic N) is 1. The maximum atomic E-state index is 13.1. The molecule has 2 heterocycles. The van der Waals surface area contributed by atoms with Crippen molar-refractivity contribution in [3.63, 3.8) is 0 Å². The lowest BCUT2D eigenvalue weighted by atomic mass is 9.77. The Morgan fingerprint density at radius 3 is 2.48 bits per heavy atom. The van der Waals surface area contributed by atoms with Gasteiger partial charge in [0.05, 0.1) is 24.0 Å². The maximum Gasteiger partial charge on any atom is 0.168 e. The molecule has 2 aliphatic heterocycles. The van der Waals surface area contributed by atoms with Crippen molar-refractivity contribution in [1.29, 1.82) is 0 Å². The third-order valence-corrected chi connectivity index (χ3v) is 7.57. The van der Waals surface area contributed by atoms with Crippen LogP contribution in [-0.4, -0.2) is 40.2 Å². The summed E-state index contributed by atoms with van der Waals surface area (Å²) in [4.78, 5) is 4.72. The van der Waals surface area contributed by atoms with Gasteiger partial charge in [-0.25, -0.2) is 4.39 Å². The standard InChI is InChI=1S/C20H27FN2O3S/c1-13(14-3-5-16(21)6-4-14)22-18-23-17(24)19(2,27-18)15-7-9-20(10-8-15)25-11-12-26-20/h3-6,13,15,17,24H,7-12H2,1-2H3,(H,22,23)/t13-,17?,19?/m0/s1. The normalized spacial score (nSPS) is 33.5. The molecule has 27 heavy (non-hydrogen) atoms. The number of aliphatic imine (C=N–C) groups is 1. The Hall–Kier alpha value is -1.15. The van der Waals surface area contributed by atoms with Gasteiger partial charge in [-0.15, -0.1) is 0 Å². The molecule has 0 bridgehead atoms. The van der Waals surface area contributed by atoms with E-state index in [4.69, 9.17) is 14.5 Å². The largest absolute Gasteiger partial charge is 0.372 e. The third kappa shape index (κ3) is 3.75. The number of amidine groups is 1. The molecule has 0 radical (unpaired) electrons. The van der Waals surface area contributed by atoms with Crippen LogP contribution in [0.1, 0.15) is 51.1 Å². The van der Waals surface area contributed by atoms with Crippen LogP contribution >= 0.6 is 11.8 Å². The summed E-state index contributed by atoms with van der Waals surface area (Å²) in [6, 6.07) is 6.30. The average Bonchev–Trinajstić information content (AvgIpc) is 3.21. The summed E-state index contributed by atoms with van der Waals surface area (Å²) in [5, 5.41) is 14.6. The highest BCUT2D eigenvalue weighted by atomic mass is 32.2. The van der Waals surface area contributed by atoms with E-state index in [0.717, 1.165) is 36.4 Å². The number of thioether (sulfide) groups is 1. The first-order chi connectivity index (χ1) is 12.9. The fraction of sp³-hybridized carbons (Fsp3) is 0.650. The van der Waals surface area contributed by atoms with Gasteiger partial charge in [0.15, 0.2) is 11.0 Å². The van der Waals surface area contributed by atoms with E-state index in [0.29, 0.717) is 19.1 Å². The minimum atomic E-state index is -0.647. The average molecular weight is 395 g/mol. The number of aliphatic hydroxyl groups excluding tert-OH is 1. The predicted octanol–water partition coefficient (Wildman–Crippen LogP) is 3.59. The molecule has 3 aliphatic rings. The van der Waals surface area contributed by atoms with Gasteiger partial charge < -0.3 is 19.9 Å². The summed E-state index contributed by atoms with van der Waals surface area (Å²) < 4.78 is 24.4. The molecular formula is C20H27FN2O3S. The number of hydrogen-bond acceptors (Lipinski definition) is 5. The second kappa shape index (κ2) is 7.35. The van der Waals surface area contributed by atoms with E-state index >= 15 is 0 Å². The van der Waals surface area contributed by atoms with Crippen LogP contribution < -0.4 is 5.32 Å². The van der Waals surface area contributed by atoms with Gasteiger partial charge in [-0.2, -0.15) is 0 Å². The molecule has 1 spiro atoms. The Bertz CT molecular complexity index is 698. The lowest BCUT2D eigenvalue weighted by molar-refractivity contribution is -0.185. The predicted molar refractivity (Wildman–Crippen MR) is 104 cm³/mol. The molecule has 1 saturated carbocycles. The van der Waals surface area contributed by atoms with Crippen LogP contribution in [0.5, 0.6) is 0 Å². The Kier molecular flexibility index (Phi) is 5.22. The third-order valence-electron chi connectivity index (χ3n) is 6.15. The summed E-state index contributed by atoms with van der Waals surface area (Å²) in [5.74, 6) is -0.278. The molecule has 0 amide bonds. The molecule has 5 nitrogen and oxygen atoms in total. The smallest absolute Gasteiger partial charge is 0.168 e. The van der Waals surface area contributed by atoms with Crippen LogP contribution in [0.15, 0.2) is 29.3 Å². The molecule has 1 aromatic rings. The van der Waals surface area contributed by atoms with E-state index in [9.17, 15) is 9.50 Å². The van der Waals surface area contributed by atoms with E-state index in [1.807, 2.05) is 6.92 Å². The summed E-state index contributed by atoms with van der Waals surface area (Å²) in [5.41, 5.74) is 0.949. The molecule has 1 aliphatic carbocycles.